The van der Waals surface area contributed by atoms with Gasteiger partial charge in [0.05, 0.1) is 5.56 Å². The summed E-state index contributed by atoms with van der Waals surface area (Å²) in [4.78, 5) is 16.7. The Morgan fingerprint density at radius 2 is 1.65 bits per heavy atom. The molecule has 1 fully saturated rings. The van der Waals surface area contributed by atoms with Crippen molar-refractivity contribution in [1.82, 2.24) is 9.80 Å². The second kappa shape index (κ2) is 6.84. The molecule has 1 aliphatic rings. The minimum absolute atomic E-state index is 0.0554. The topological polar surface area (TPSA) is 43.8 Å². The van der Waals surface area contributed by atoms with Gasteiger partial charge in [-0.3, -0.25) is 9.69 Å². The molecule has 1 N–H and O–H groups in total. The molecule has 0 spiro atoms. The number of aryl methyl sites for hydroxylation is 1. The lowest BCUT2D eigenvalue weighted by molar-refractivity contribution is 0.0625. The summed E-state index contributed by atoms with van der Waals surface area (Å²) in [7, 11) is 0. The quantitative estimate of drug-likeness (QED) is 0.948. The molecule has 4 nitrogen and oxygen atoms in total. The van der Waals surface area contributed by atoms with Crippen molar-refractivity contribution in [2.24, 2.45) is 0 Å². The first kappa shape index (κ1) is 15.6. The molecule has 0 radical (unpaired) electrons. The van der Waals surface area contributed by atoms with E-state index < -0.39 is 0 Å². The summed E-state index contributed by atoms with van der Waals surface area (Å²) < 4.78 is 0. The smallest absolute Gasteiger partial charge is 0.257 e. The second-order valence-electron chi connectivity index (χ2n) is 6.01. The first-order valence-corrected chi connectivity index (χ1v) is 7.99. The number of piperazine rings is 1. The average Bonchev–Trinajstić information content (AvgIpc) is 2.57. The monoisotopic (exact) mass is 310 g/mol. The fourth-order valence-electron chi connectivity index (χ4n) is 2.96. The van der Waals surface area contributed by atoms with Crippen LogP contribution in [-0.4, -0.2) is 47.0 Å². The van der Waals surface area contributed by atoms with Crippen molar-refractivity contribution in [1.29, 1.82) is 0 Å². The van der Waals surface area contributed by atoms with E-state index in [1.54, 1.807) is 24.3 Å². The Bertz CT molecular complexity index is 691. The molecule has 1 heterocycles. The molecule has 0 atom stereocenters. The van der Waals surface area contributed by atoms with Crippen molar-refractivity contribution >= 4 is 5.91 Å². The summed E-state index contributed by atoms with van der Waals surface area (Å²) in [6, 6.07) is 15.2. The van der Waals surface area contributed by atoms with Crippen molar-refractivity contribution in [3.63, 3.8) is 0 Å². The first-order valence-electron chi connectivity index (χ1n) is 7.99. The maximum absolute atomic E-state index is 12.5. The molecule has 0 saturated carbocycles. The molecule has 0 bridgehead atoms. The largest absolute Gasteiger partial charge is 0.507 e. The molecule has 1 saturated heterocycles. The zero-order valence-corrected chi connectivity index (χ0v) is 13.4. The number of carbonyl (C=O) groups excluding carboxylic acids is 1. The maximum atomic E-state index is 12.5. The van der Waals surface area contributed by atoms with Crippen LogP contribution < -0.4 is 0 Å². The molecule has 2 aromatic carbocycles. The highest BCUT2D eigenvalue weighted by atomic mass is 16.3. The summed E-state index contributed by atoms with van der Waals surface area (Å²) >= 11 is 0. The Kier molecular flexibility index (Phi) is 4.63. The highest BCUT2D eigenvalue weighted by Crippen LogP contribution is 2.19. The Hall–Kier alpha value is -2.33. The molecule has 4 heteroatoms. The number of carbonyl (C=O) groups is 1. The molecule has 1 amide bonds. The fraction of sp³-hybridized carbons (Fsp3) is 0.316. The lowest BCUT2D eigenvalue weighted by Crippen LogP contribution is -2.48. The van der Waals surface area contributed by atoms with E-state index in [4.69, 9.17) is 0 Å². The van der Waals surface area contributed by atoms with E-state index in [1.807, 2.05) is 4.90 Å². The Balaban J connectivity index is 1.59. The van der Waals surface area contributed by atoms with Gasteiger partial charge in [-0.15, -0.1) is 0 Å². The predicted molar refractivity (Wildman–Crippen MR) is 90.5 cm³/mol. The molecule has 1 aliphatic heterocycles. The predicted octanol–water partition coefficient (Wildman–Crippen LogP) is 2.66. The third-order valence-corrected chi connectivity index (χ3v) is 4.45. The van der Waals surface area contributed by atoms with Crippen LogP contribution in [0.2, 0.25) is 0 Å². The molecular weight excluding hydrogens is 288 g/mol. The molecule has 0 unspecified atom stereocenters. The zero-order valence-electron chi connectivity index (χ0n) is 13.4. The number of amides is 1. The number of aromatic hydroxyl groups is 1. The van der Waals surface area contributed by atoms with Gasteiger partial charge < -0.3 is 10.0 Å². The van der Waals surface area contributed by atoms with Gasteiger partial charge in [0, 0.05) is 32.7 Å². The number of para-hydroxylation sites is 1. The Morgan fingerprint density at radius 3 is 2.35 bits per heavy atom. The SMILES string of the molecule is Cc1ccccc1CN1CCN(C(=O)c2ccccc2O)CC1. The summed E-state index contributed by atoms with van der Waals surface area (Å²) in [5.74, 6) is -0.0292. The van der Waals surface area contributed by atoms with E-state index >= 15 is 0 Å². The molecule has 0 aliphatic carbocycles. The van der Waals surface area contributed by atoms with Gasteiger partial charge in [-0.2, -0.15) is 0 Å². The molecule has 2 aromatic rings. The highest BCUT2D eigenvalue weighted by molar-refractivity contribution is 5.96. The number of rotatable bonds is 3. The van der Waals surface area contributed by atoms with Crippen LogP contribution in [-0.2, 0) is 6.54 Å². The van der Waals surface area contributed by atoms with E-state index in [-0.39, 0.29) is 11.7 Å². The van der Waals surface area contributed by atoms with Crippen molar-refractivity contribution in [2.45, 2.75) is 13.5 Å². The van der Waals surface area contributed by atoms with Gasteiger partial charge in [-0.1, -0.05) is 36.4 Å². The maximum Gasteiger partial charge on any atom is 0.257 e. The van der Waals surface area contributed by atoms with Crippen LogP contribution in [0.4, 0.5) is 0 Å². The van der Waals surface area contributed by atoms with E-state index in [2.05, 4.69) is 36.1 Å². The van der Waals surface area contributed by atoms with Gasteiger partial charge in [0.1, 0.15) is 5.75 Å². The van der Waals surface area contributed by atoms with Crippen molar-refractivity contribution < 1.29 is 9.90 Å². The van der Waals surface area contributed by atoms with Gasteiger partial charge in [0.25, 0.3) is 5.91 Å². The molecule has 23 heavy (non-hydrogen) atoms. The van der Waals surface area contributed by atoms with Gasteiger partial charge in [-0.25, -0.2) is 0 Å². The van der Waals surface area contributed by atoms with Gasteiger partial charge >= 0.3 is 0 Å². The van der Waals surface area contributed by atoms with E-state index in [9.17, 15) is 9.90 Å². The number of phenolic OH excluding ortho intramolecular Hbond substituents is 1. The minimum Gasteiger partial charge on any atom is -0.507 e. The van der Waals surface area contributed by atoms with Crippen molar-refractivity contribution in [3.8, 4) is 5.75 Å². The zero-order chi connectivity index (χ0) is 16.2. The number of hydrogen-bond donors (Lipinski definition) is 1. The van der Waals surface area contributed by atoms with E-state index in [0.717, 1.165) is 19.6 Å². The Labute approximate surface area is 137 Å². The minimum atomic E-state index is -0.0846. The third-order valence-electron chi connectivity index (χ3n) is 4.45. The fourth-order valence-corrected chi connectivity index (χ4v) is 2.96. The Morgan fingerprint density at radius 1 is 1.00 bits per heavy atom. The lowest BCUT2D eigenvalue weighted by Gasteiger charge is -2.35. The lowest BCUT2D eigenvalue weighted by atomic mass is 10.1. The van der Waals surface area contributed by atoms with Crippen LogP contribution in [0.1, 0.15) is 21.5 Å². The van der Waals surface area contributed by atoms with Crippen LogP contribution in [0, 0.1) is 6.92 Å². The van der Waals surface area contributed by atoms with Crippen LogP contribution in [0.25, 0.3) is 0 Å². The van der Waals surface area contributed by atoms with Crippen LogP contribution >= 0.6 is 0 Å². The standard InChI is InChI=1S/C19H22N2O2/c1-15-6-2-3-7-16(15)14-20-10-12-21(13-11-20)19(23)17-8-4-5-9-18(17)22/h2-9,22H,10-14H2,1H3. The molecule has 0 aromatic heterocycles. The highest BCUT2D eigenvalue weighted by Gasteiger charge is 2.23. The van der Waals surface area contributed by atoms with Gasteiger partial charge in [0.15, 0.2) is 0 Å². The van der Waals surface area contributed by atoms with E-state index in [1.165, 1.54) is 11.1 Å². The molecular formula is C19H22N2O2. The van der Waals surface area contributed by atoms with Crippen LogP contribution in [0.5, 0.6) is 5.75 Å². The van der Waals surface area contributed by atoms with Crippen molar-refractivity contribution in [3.05, 3.63) is 65.2 Å². The number of nitrogens with zero attached hydrogens (tertiary/aromatic N) is 2. The van der Waals surface area contributed by atoms with Gasteiger partial charge in [0.2, 0.25) is 0 Å². The summed E-state index contributed by atoms with van der Waals surface area (Å²) in [6.07, 6.45) is 0. The number of benzene rings is 2. The van der Waals surface area contributed by atoms with Crippen molar-refractivity contribution in [2.75, 3.05) is 26.2 Å². The van der Waals surface area contributed by atoms with Gasteiger partial charge in [-0.05, 0) is 30.2 Å². The third kappa shape index (κ3) is 3.54. The molecule has 120 valence electrons. The summed E-state index contributed by atoms with van der Waals surface area (Å²) in [5, 5.41) is 9.83. The van der Waals surface area contributed by atoms with E-state index in [0.29, 0.717) is 18.7 Å². The normalized spacial score (nSPS) is 15.6. The summed E-state index contributed by atoms with van der Waals surface area (Å²) in [5.41, 5.74) is 3.04. The van der Waals surface area contributed by atoms with Crippen LogP contribution in [0.15, 0.2) is 48.5 Å². The number of hydrogen-bond acceptors (Lipinski definition) is 3. The summed E-state index contributed by atoms with van der Waals surface area (Å²) in [6.45, 7) is 6.15. The average molecular weight is 310 g/mol. The van der Waals surface area contributed by atoms with Crippen LogP contribution in [0.3, 0.4) is 0 Å². The second-order valence-corrected chi connectivity index (χ2v) is 6.01. The molecule has 3 rings (SSSR count). The number of phenols is 1. The first-order chi connectivity index (χ1) is 11.1.